The van der Waals surface area contributed by atoms with Crippen molar-refractivity contribution in [2.45, 2.75) is 25.9 Å². The summed E-state index contributed by atoms with van der Waals surface area (Å²) in [6.45, 7) is 1.96. The molecular weight excluding hydrogens is 214 g/mol. The van der Waals surface area contributed by atoms with Gasteiger partial charge in [0, 0.05) is 24.6 Å². The van der Waals surface area contributed by atoms with Crippen molar-refractivity contribution in [3.05, 3.63) is 40.2 Å². The van der Waals surface area contributed by atoms with E-state index in [-0.39, 0.29) is 5.56 Å². The highest BCUT2D eigenvalue weighted by atomic mass is 16.5. The van der Waals surface area contributed by atoms with Crippen LogP contribution in [-0.2, 0) is 7.05 Å². The summed E-state index contributed by atoms with van der Waals surface area (Å²) in [5, 5.41) is 1.11. The first-order valence-electron chi connectivity index (χ1n) is 5.92. The van der Waals surface area contributed by atoms with Crippen molar-refractivity contribution in [2.24, 2.45) is 7.05 Å². The van der Waals surface area contributed by atoms with Crippen LogP contribution >= 0.6 is 0 Å². The monoisotopic (exact) mass is 229 g/mol. The van der Waals surface area contributed by atoms with Crippen molar-refractivity contribution >= 4 is 10.9 Å². The lowest BCUT2D eigenvalue weighted by atomic mass is 10.1. The Morgan fingerprint density at radius 2 is 2.06 bits per heavy atom. The van der Waals surface area contributed by atoms with E-state index in [1.807, 2.05) is 25.1 Å². The minimum atomic E-state index is 0.0265. The Hall–Kier alpha value is -1.77. The van der Waals surface area contributed by atoms with E-state index in [0.717, 1.165) is 35.1 Å². The summed E-state index contributed by atoms with van der Waals surface area (Å²) in [7, 11) is 1.80. The highest BCUT2D eigenvalue weighted by molar-refractivity contribution is 5.83. The van der Waals surface area contributed by atoms with E-state index in [9.17, 15) is 4.79 Å². The number of nitrogens with zero attached hydrogens (tertiary/aromatic N) is 1. The minimum absolute atomic E-state index is 0.0265. The quantitative estimate of drug-likeness (QED) is 0.791. The van der Waals surface area contributed by atoms with Gasteiger partial charge < -0.3 is 9.30 Å². The normalized spacial score (nSPS) is 15.2. The number of benzene rings is 1. The zero-order valence-electron chi connectivity index (χ0n) is 10.1. The fourth-order valence-electron chi connectivity index (χ4n) is 2.05. The Balaban J connectivity index is 2.19. The Morgan fingerprint density at radius 1 is 1.29 bits per heavy atom. The standard InChI is InChI=1S/C14H15NO2/c1-9-7-14(16)15(2)13-8-11(5-6-12(9)13)17-10-3-4-10/h5-8,10H,3-4H2,1-2H3. The molecule has 1 aromatic heterocycles. The molecule has 3 nitrogen and oxygen atoms in total. The molecule has 0 unspecified atom stereocenters. The molecule has 1 aliphatic carbocycles. The zero-order valence-corrected chi connectivity index (χ0v) is 10.1. The number of rotatable bonds is 2. The van der Waals surface area contributed by atoms with Crippen molar-refractivity contribution in [1.82, 2.24) is 4.57 Å². The molecule has 1 aromatic carbocycles. The molecule has 0 saturated heterocycles. The van der Waals surface area contributed by atoms with Crippen molar-refractivity contribution in [3.63, 3.8) is 0 Å². The van der Waals surface area contributed by atoms with Crippen LogP contribution in [0, 0.1) is 6.92 Å². The average Bonchev–Trinajstić information content (AvgIpc) is 3.10. The Kier molecular flexibility index (Phi) is 2.21. The van der Waals surface area contributed by atoms with E-state index in [1.165, 1.54) is 0 Å². The van der Waals surface area contributed by atoms with Crippen molar-refractivity contribution in [3.8, 4) is 5.75 Å². The zero-order chi connectivity index (χ0) is 12.0. The first kappa shape index (κ1) is 10.4. The van der Waals surface area contributed by atoms with Crippen molar-refractivity contribution < 1.29 is 4.74 Å². The van der Waals surface area contributed by atoms with Gasteiger partial charge in [0.1, 0.15) is 5.75 Å². The van der Waals surface area contributed by atoms with Crippen LogP contribution in [0.3, 0.4) is 0 Å². The third kappa shape index (κ3) is 1.82. The average molecular weight is 229 g/mol. The van der Waals surface area contributed by atoms with Crippen LogP contribution in [0.5, 0.6) is 5.75 Å². The van der Waals surface area contributed by atoms with Gasteiger partial charge in [-0.1, -0.05) is 0 Å². The predicted molar refractivity (Wildman–Crippen MR) is 67.6 cm³/mol. The van der Waals surface area contributed by atoms with Gasteiger partial charge >= 0.3 is 0 Å². The first-order chi connectivity index (χ1) is 8.15. The molecule has 17 heavy (non-hydrogen) atoms. The van der Waals surface area contributed by atoms with Crippen LogP contribution in [0.4, 0.5) is 0 Å². The second-order valence-corrected chi connectivity index (χ2v) is 4.72. The summed E-state index contributed by atoms with van der Waals surface area (Å²) < 4.78 is 7.42. The van der Waals surface area contributed by atoms with Gasteiger partial charge in [-0.15, -0.1) is 0 Å². The number of ether oxygens (including phenoxy) is 1. The number of aromatic nitrogens is 1. The summed E-state index contributed by atoms with van der Waals surface area (Å²) in [6.07, 6.45) is 2.67. The largest absolute Gasteiger partial charge is 0.490 e. The molecule has 3 heteroatoms. The molecule has 88 valence electrons. The fourth-order valence-corrected chi connectivity index (χ4v) is 2.05. The van der Waals surface area contributed by atoms with Crippen molar-refractivity contribution in [2.75, 3.05) is 0 Å². The summed E-state index contributed by atoms with van der Waals surface area (Å²) in [6, 6.07) is 7.64. The number of fused-ring (bicyclic) bond motifs is 1. The summed E-state index contributed by atoms with van der Waals surface area (Å²) in [4.78, 5) is 11.7. The highest BCUT2D eigenvalue weighted by Crippen LogP contribution is 2.29. The van der Waals surface area contributed by atoms with Gasteiger partial charge in [0.05, 0.1) is 11.6 Å². The van der Waals surface area contributed by atoms with Gasteiger partial charge in [0.25, 0.3) is 5.56 Å². The molecule has 1 aliphatic rings. The van der Waals surface area contributed by atoms with E-state index in [1.54, 1.807) is 17.7 Å². The number of hydrogen-bond acceptors (Lipinski definition) is 2. The molecule has 0 radical (unpaired) electrons. The molecule has 0 spiro atoms. The topological polar surface area (TPSA) is 31.2 Å². The number of aryl methyl sites for hydroxylation is 2. The molecule has 1 saturated carbocycles. The Labute approximate surface area is 99.6 Å². The molecule has 0 bridgehead atoms. The van der Waals surface area contributed by atoms with E-state index >= 15 is 0 Å². The van der Waals surface area contributed by atoms with Gasteiger partial charge in [-0.3, -0.25) is 4.79 Å². The molecule has 1 heterocycles. The van der Waals surface area contributed by atoms with Crippen LogP contribution in [0.15, 0.2) is 29.1 Å². The maximum absolute atomic E-state index is 11.7. The minimum Gasteiger partial charge on any atom is -0.490 e. The second-order valence-electron chi connectivity index (χ2n) is 4.72. The summed E-state index contributed by atoms with van der Waals surface area (Å²) >= 11 is 0. The van der Waals surface area contributed by atoms with Crippen LogP contribution in [0.2, 0.25) is 0 Å². The lowest BCUT2D eigenvalue weighted by Gasteiger charge is -2.10. The predicted octanol–water partition coefficient (Wildman–Crippen LogP) is 2.39. The lowest BCUT2D eigenvalue weighted by Crippen LogP contribution is -2.16. The molecule has 0 atom stereocenters. The molecule has 0 aliphatic heterocycles. The maximum atomic E-state index is 11.7. The van der Waals surface area contributed by atoms with Crippen LogP contribution in [0.25, 0.3) is 10.9 Å². The van der Waals surface area contributed by atoms with E-state index in [0.29, 0.717) is 6.10 Å². The van der Waals surface area contributed by atoms with E-state index in [4.69, 9.17) is 4.74 Å². The van der Waals surface area contributed by atoms with E-state index < -0.39 is 0 Å². The first-order valence-corrected chi connectivity index (χ1v) is 5.92. The second kappa shape index (κ2) is 3.62. The smallest absolute Gasteiger partial charge is 0.251 e. The van der Waals surface area contributed by atoms with Gasteiger partial charge in [-0.2, -0.15) is 0 Å². The van der Waals surface area contributed by atoms with Gasteiger partial charge in [-0.05, 0) is 37.5 Å². The van der Waals surface area contributed by atoms with Gasteiger partial charge in [0.15, 0.2) is 0 Å². The third-order valence-electron chi connectivity index (χ3n) is 3.25. The molecule has 1 fully saturated rings. The molecule has 3 rings (SSSR count). The number of hydrogen-bond donors (Lipinski definition) is 0. The summed E-state index contributed by atoms with van der Waals surface area (Å²) in [5.74, 6) is 0.862. The van der Waals surface area contributed by atoms with Crippen molar-refractivity contribution in [1.29, 1.82) is 0 Å². The Morgan fingerprint density at radius 3 is 2.76 bits per heavy atom. The maximum Gasteiger partial charge on any atom is 0.251 e. The number of pyridine rings is 1. The molecule has 0 N–H and O–H groups in total. The lowest BCUT2D eigenvalue weighted by molar-refractivity contribution is 0.303. The summed E-state index contributed by atoms with van der Waals surface area (Å²) in [5.41, 5.74) is 1.98. The Bertz CT molecular complexity index is 638. The molecule has 0 amide bonds. The van der Waals surface area contributed by atoms with Gasteiger partial charge in [-0.25, -0.2) is 0 Å². The third-order valence-corrected chi connectivity index (χ3v) is 3.25. The van der Waals surface area contributed by atoms with Gasteiger partial charge in [0.2, 0.25) is 0 Å². The molecular formula is C14H15NO2. The van der Waals surface area contributed by atoms with Crippen LogP contribution < -0.4 is 10.3 Å². The van der Waals surface area contributed by atoms with Crippen LogP contribution in [-0.4, -0.2) is 10.7 Å². The fraction of sp³-hybridized carbons (Fsp3) is 0.357. The highest BCUT2D eigenvalue weighted by Gasteiger charge is 2.23. The molecule has 2 aromatic rings. The van der Waals surface area contributed by atoms with Crippen LogP contribution in [0.1, 0.15) is 18.4 Å². The SMILES string of the molecule is Cc1cc(=O)n(C)c2cc(OC3CC3)ccc12. The van der Waals surface area contributed by atoms with E-state index in [2.05, 4.69) is 0 Å².